The molecule has 0 spiro atoms. The van der Waals surface area contributed by atoms with Crippen LogP contribution in [-0.2, 0) is 4.79 Å². The van der Waals surface area contributed by atoms with Crippen molar-refractivity contribution in [3.63, 3.8) is 0 Å². The van der Waals surface area contributed by atoms with Crippen LogP contribution in [0.3, 0.4) is 0 Å². The van der Waals surface area contributed by atoms with Gasteiger partial charge in [0.2, 0.25) is 0 Å². The first kappa shape index (κ1) is 13.1. The Bertz CT molecular complexity index is 420. The van der Waals surface area contributed by atoms with Crippen LogP contribution in [0.4, 0.5) is 0 Å². The highest BCUT2D eigenvalue weighted by molar-refractivity contribution is 5.96. The summed E-state index contributed by atoms with van der Waals surface area (Å²) in [6.45, 7) is -1.34. The summed E-state index contributed by atoms with van der Waals surface area (Å²) in [5, 5.41) is 35.7. The minimum Gasteiger partial charge on any atom is -0.478 e. The number of rotatable bonds is 4. The average Bonchev–Trinajstić information content (AvgIpc) is 2.36. The standard InChI is InChI=1S/C10H11NO6/c12-6-10(16,9(14)15)11(17)8(13)7-4-2-1-3-5-7/h1-5,12,16-17H,6H2,(H,14,15)/t10-/m1/s1. The molecule has 0 aliphatic rings. The minimum atomic E-state index is -3.06. The summed E-state index contributed by atoms with van der Waals surface area (Å²) in [5.74, 6) is -3.07. The smallest absolute Gasteiger partial charge is 0.362 e. The van der Waals surface area contributed by atoms with Crippen LogP contribution in [-0.4, -0.2) is 49.8 Å². The third-order valence-corrected chi connectivity index (χ3v) is 2.13. The van der Waals surface area contributed by atoms with E-state index in [-0.39, 0.29) is 5.56 Å². The molecular weight excluding hydrogens is 230 g/mol. The Hall–Kier alpha value is -1.96. The second kappa shape index (κ2) is 4.91. The molecule has 92 valence electrons. The Kier molecular flexibility index (Phi) is 3.79. The molecule has 0 unspecified atom stereocenters. The molecule has 1 atom stereocenters. The normalized spacial score (nSPS) is 13.8. The molecule has 7 heteroatoms. The number of carbonyl (C=O) groups excluding carboxylic acids is 1. The lowest BCUT2D eigenvalue weighted by Crippen LogP contribution is -2.58. The van der Waals surface area contributed by atoms with E-state index < -0.39 is 29.3 Å². The molecule has 0 heterocycles. The fourth-order valence-corrected chi connectivity index (χ4v) is 1.10. The molecule has 0 aromatic heterocycles. The molecule has 0 bridgehead atoms. The van der Waals surface area contributed by atoms with E-state index in [2.05, 4.69) is 0 Å². The van der Waals surface area contributed by atoms with Crippen molar-refractivity contribution in [2.24, 2.45) is 0 Å². The van der Waals surface area contributed by atoms with Crippen LogP contribution in [0.25, 0.3) is 0 Å². The third-order valence-electron chi connectivity index (χ3n) is 2.13. The van der Waals surface area contributed by atoms with Gasteiger partial charge in [0.1, 0.15) is 6.61 Å². The van der Waals surface area contributed by atoms with Crippen LogP contribution < -0.4 is 0 Å². The molecule has 0 saturated heterocycles. The van der Waals surface area contributed by atoms with E-state index in [0.717, 1.165) is 0 Å². The fraction of sp³-hybridized carbons (Fsp3) is 0.200. The molecule has 0 aliphatic heterocycles. The largest absolute Gasteiger partial charge is 0.478 e. The maximum absolute atomic E-state index is 11.6. The van der Waals surface area contributed by atoms with Gasteiger partial charge in [-0.3, -0.25) is 10.0 Å². The van der Waals surface area contributed by atoms with Crippen molar-refractivity contribution in [1.82, 2.24) is 5.06 Å². The number of aliphatic hydroxyl groups is 2. The number of aliphatic hydroxyl groups excluding tert-OH is 1. The molecule has 7 nitrogen and oxygen atoms in total. The zero-order valence-corrected chi connectivity index (χ0v) is 8.65. The van der Waals surface area contributed by atoms with Gasteiger partial charge in [-0.05, 0) is 12.1 Å². The number of nitrogens with zero attached hydrogens (tertiary/aromatic N) is 1. The van der Waals surface area contributed by atoms with Crippen LogP contribution in [0.5, 0.6) is 0 Å². The van der Waals surface area contributed by atoms with Crippen molar-refractivity contribution in [3.05, 3.63) is 35.9 Å². The molecule has 17 heavy (non-hydrogen) atoms. The van der Waals surface area contributed by atoms with Crippen molar-refractivity contribution in [1.29, 1.82) is 0 Å². The zero-order chi connectivity index (χ0) is 13.1. The van der Waals surface area contributed by atoms with Gasteiger partial charge in [0.05, 0.1) is 0 Å². The predicted octanol–water partition coefficient (Wildman–Crippen LogP) is -0.717. The Labute approximate surface area is 96.1 Å². The van der Waals surface area contributed by atoms with Gasteiger partial charge in [-0.15, -0.1) is 0 Å². The van der Waals surface area contributed by atoms with Crippen molar-refractivity contribution < 1.29 is 30.1 Å². The van der Waals surface area contributed by atoms with Gasteiger partial charge < -0.3 is 15.3 Å². The lowest BCUT2D eigenvalue weighted by molar-refractivity contribution is -0.245. The summed E-state index contributed by atoms with van der Waals surface area (Å²) in [6.07, 6.45) is 0. The number of hydrogen-bond donors (Lipinski definition) is 4. The van der Waals surface area contributed by atoms with E-state index in [1.165, 1.54) is 24.3 Å². The quantitative estimate of drug-likeness (QED) is 0.314. The van der Waals surface area contributed by atoms with Crippen LogP contribution in [0.1, 0.15) is 10.4 Å². The Morgan fingerprint density at radius 2 is 1.76 bits per heavy atom. The monoisotopic (exact) mass is 241 g/mol. The molecule has 1 aromatic rings. The summed E-state index contributed by atoms with van der Waals surface area (Å²) >= 11 is 0. The second-order valence-corrected chi connectivity index (χ2v) is 3.26. The predicted molar refractivity (Wildman–Crippen MR) is 54.1 cm³/mol. The molecule has 1 aromatic carbocycles. The van der Waals surface area contributed by atoms with Gasteiger partial charge in [-0.25, -0.2) is 4.79 Å². The number of hydroxylamine groups is 2. The van der Waals surface area contributed by atoms with E-state index >= 15 is 0 Å². The maximum atomic E-state index is 11.6. The molecule has 4 N–H and O–H groups in total. The van der Waals surface area contributed by atoms with E-state index in [1.54, 1.807) is 6.07 Å². The van der Waals surface area contributed by atoms with Crippen molar-refractivity contribution in [3.8, 4) is 0 Å². The van der Waals surface area contributed by atoms with Gasteiger partial charge in [0, 0.05) is 5.56 Å². The molecular formula is C10H11NO6. The van der Waals surface area contributed by atoms with Gasteiger partial charge >= 0.3 is 5.97 Å². The van der Waals surface area contributed by atoms with Crippen molar-refractivity contribution in [2.75, 3.05) is 6.61 Å². The Balaban J connectivity index is 3.01. The summed E-state index contributed by atoms with van der Waals surface area (Å²) in [5.41, 5.74) is -3.09. The number of carboxylic acids is 1. The van der Waals surface area contributed by atoms with Gasteiger partial charge in [0.25, 0.3) is 11.6 Å². The molecule has 0 saturated carbocycles. The average molecular weight is 241 g/mol. The lowest BCUT2D eigenvalue weighted by atomic mass is 10.1. The van der Waals surface area contributed by atoms with Gasteiger partial charge in [-0.2, -0.15) is 5.06 Å². The molecule has 0 fully saturated rings. The summed E-state index contributed by atoms with van der Waals surface area (Å²) in [6, 6.07) is 7.27. The molecule has 1 amide bonds. The molecule has 1 rings (SSSR count). The number of amides is 1. The highest BCUT2D eigenvalue weighted by Crippen LogP contribution is 2.13. The van der Waals surface area contributed by atoms with E-state index in [1.807, 2.05) is 0 Å². The number of benzene rings is 1. The van der Waals surface area contributed by atoms with Crippen molar-refractivity contribution >= 4 is 11.9 Å². The lowest BCUT2D eigenvalue weighted by Gasteiger charge is -2.29. The van der Waals surface area contributed by atoms with Crippen LogP contribution in [0, 0.1) is 0 Å². The van der Waals surface area contributed by atoms with Crippen LogP contribution in [0.2, 0.25) is 0 Å². The zero-order valence-electron chi connectivity index (χ0n) is 8.65. The Morgan fingerprint density at radius 1 is 1.24 bits per heavy atom. The van der Waals surface area contributed by atoms with E-state index in [4.69, 9.17) is 10.2 Å². The Morgan fingerprint density at radius 3 is 2.18 bits per heavy atom. The van der Waals surface area contributed by atoms with E-state index in [0.29, 0.717) is 0 Å². The second-order valence-electron chi connectivity index (χ2n) is 3.26. The minimum absolute atomic E-state index is 0.0249. The highest BCUT2D eigenvalue weighted by atomic mass is 16.6. The summed E-state index contributed by atoms with van der Waals surface area (Å²) in [7, 11) is 0. The first-order valence-electron chi connectivity index (χ1n) is 4.58. The van der Waals surface area contributed by atoms with Gasteiger partial charge in [0.15, 0.2) is 0 Å². The van der Waals surface area contributed by atoms with Gasteiger partial charge in [-0.1, -0.05) is 18.2 Å². The first-order chi connectivity index (χ1) is 7.93. The number of aliphatic carboxylic acids is 1. The topological polar surface area (TPSA) is 118 Å². The summed E-state index contributed by atoms with van der Waals surface area (Å²) < 4.78 is 0. The molecule has 0 aliphatic carbocycles. The first-order valence-corrected chi connectivity index (χ1v) is 4.58. The van der Waals surface area contributed by atoms with Crippen molar-refractivity contribution in [2.45, 2.75) is 5.72 Å². The third kappa shape index (κ3) is 2.41. The van der Waals surface area contributed by atoms with Crippen LogP contribution in [0.15, 0.2) is 30.3 Å². The highest BCUT2D eigenvalue weighted by Gasteiger charge is 2.45. The number of hydrogen-bond acceptors (Lipinski definition) is 5. The number of carbonyl (C=O) groups is 2. The van der Waals surface area contributed by atoms with Crippen LogP contribution >= 0.6 is 0 Å². The van der Waals surface area contributed by atoms with E-state index in [9.17, 15) is 19.9 Å². The maximum Gasteiger partial charge on any atom is 0.362 e. The number of carboxylic acid groups (broad SMARTS) is 1. The molecule has 0 radical (unpaired) electrons. The fourth-order valence-electron chi connectivity index (χ4n) is 1.10. The summed E-state index contributed by atoms with van der Waals surface area (Å²) in [4.78, 5) is 22.3. The SMILES string of the molecule is O=C(c1ccccc1)N(O)[C@@](O)(CO)C(=O)O.